The normalized spacial score (nSPS) is 13.9. The molecule has 0 fully saturated rings. The summed E-state index contributed by atoms with van der Waals surface area (Å²) in [6.45, 7) is 16.4. The third kappa shape index (κ3) is 11.8. The smallest absolute Gasteiger partial charge is 0.488 e. The Morgan fingerprint density at radius 1 is 0.565 bits per heavy atom. The number of hydrogen-bond acceptors (Lipinski definition) is 10. The molecule has 5 aromatic carbocycles. The molecule has 0 spiro atoms. The third-order valence-corrected chi connectivity index (χ3v) is 11.3. The Hall–Kier alpha value is -4.88. The number of rotatable bonds is 11. The predicted molar refractivity (Wildman–Crippen MR) is 245 cm³/mol. The molecule has 6 bridgehead atoms. The summed E-state index contributed by atoms with van der Waals surface area (Å²) in [6.07, 6.45) is 0.815. The van der Waals surface area contributed by atoms with Gasteiger partial charge in [-0.25, -0.2) is 0 Å². The summed E-state index contributed by atoms with van der Waals surface area (Å²) in [5.41, 5.74) is 10.1. The van der Waals surface area contributed by atoms with E-state index in [-0.39, 0.29) is 24.0 Å². The molecule has 1 heterocycles. The van der Waals surface area contributed by atoms with Gasteiger partial charge in [-0.3, -0.25) is 0 Å². The van der Waals surface area contributed by atoms with Gasteiger partial charge in [0.1, 0.15) is 28.7 Å². The summed E-state index contributed by atoms with van der Waals surface area (Å²) < 4.78 is 44.2. The van der Waals surface area contributed by atoms with E-state index in [9.17, 15) is 10.0 Å². The Balaban J connectivity index is 1.30. The van der Waals surface area contributed by atoms with Gasteiger partial charge in [0, 0.05) is 46.5 Å². The zero-order valence-electron chi connectivity index (χ0n) is 38.2. The van der Waals surface area contributed by atoms with Crippen LogP contribution in [0.5, 0.6) is 28.7 Å². The fourth-order valence-electron chi connectivity index (χ4n) is 7.88. The Morgan fingerprint density at radius 2 is 0.968 bits per heavy atom. The van der Waals surface area contributed by atoms with Crippen LogP contribution in [0.3, 0.4) is 0 Å². The van der Waals surface area contributed by atoms with Crippen molar-refractivity contribution in [2.75, 3.05) is 34.9 Å². The molecule has 2 N–H and O–H groups in total. The maximum Gasteiger partial charge on any atom is 0.488 e. The van der Waals surface area contributed by atoms with Gasteiger partial charge in [-0.15, -0.1) is 0 Å². The maximum absolute atomic E-state index is 9.79. The van der Waals surface area contributed by atoms with E-state index in [0.717, 1.165) is 80.1 Å². The zero-order valence-corrected chi connectivity index (χ0v) is 38.2. The van der Waals surface area contributed by atoms with Gasteiger partial charge < -0.3 is 48.1 Å². The van der Waals surface area contributed by atoms with Crippen LogP contribution in [0.15, 0.2) is 84.9 Å². The largest absolute Gasteiger partial charge is 0.496 e. The van der Waals surface area contributed by atoms with Crippen molar-refractivity contribution in [3.8, 4) is 28.7 Å². The average molecular weight is 846 g/mol. The lowest BCUT2D eigenvalue weighted by atomic mass is 9.77. The third-order valence-electron chi connectivity index (χ3n) is 11.3. The average Bonchev–Trinajstić information content (AvgIpc) is 3.22. The second-order valence-electron chi connectivity index (χ2n) is 18.2. The van der Waals surface area contributed by atoms with Gasteiger partial charge >= 0.3 is 7.12 Å². The summed E-state index contributed by atoms with van der Waals surface area (Å²) >= 11 is 0. The van der Waals surface area contributed by atoms with Gasteiger partial charge in [0.25, 0.3) is 0 Å². The molecule has 0 atom stereocenters. The molecule has 0 aromatic heterocycles. The summed E-state index contributed by atoms with van der Waals surface area (Å²) in [6, 6.07) is 28.1. The van der Waals surface area contributed by atoms with Gasteiger partial charge in [-0.05, 0) is 101 Å². The number of hydrogen-bond donors (Lipinski definition) is 2. The molecule has 10 nitrogen and oxygen atoms in total. The summed E-state index contributed by atoms with van der Waals surface area (Å²) in [7, 11) is 5.60. The molecular weight excluding hydrogens is 781 g/mol. The summed E-state index contributed by atoms with van der Waals surface area (Å²) in [5, 5.41) is 19.6. The highest BCUT2D eigenvalue weighted by Gasteiger charge is 2.24. The first-order valence-electron chi connectivity index (χ1n) is 21.3. The van der Waals surface area contributed by atoms with Crippen LogP contribution >= 0.6 is 0 Å². The molecule has 0 amide bonds. The molecule has 0 saturated carbocycles. The molecule has 11 heteroatoms. The van der Waals surface area contributed by atoms with E-state index in [0.29, 0.717) is 55.7 Å². The maximum atomic E-state index is 9.79. The second-order valence-corrected chi connectivity index (χ2v) is 18.2. The molecular formula is C51H64BNO9. The highest BCUT2D eigenvalue weighted by molar-refractivity contribution is 6.59. The van der Waals surface area contributed by atoms with E-state index in [1.54, 1.807) is 27.4 Å². The molecule has 1 aliphatic rings. The second kappa shape index (κ2) is 20.5. The summed E-state index contributed by atoms with van der Waals surface area (Å²) in [4.78, 5) is 2.17. The lowest BCUT2D eigenvalue weighted by Crippen LogP contribution is -2.35. The predicted octanol–water partition coefficient (Wildman–Crippen LogP) is 8.92. The molecule has 1 aliphatic heterocycles. The minimum atomic E-state index is -1.50. The van der Waals surface area contributed by atoms with E-state index in [1.807, 2.05) is 49.5 Å². The molecule has 0 unspecified atom stereocenters. The quantitative estimate of drug-likeness (QED) is 0.125. The Bertz CT molecular complexity index is 2180. The van der Waals surface area contributed by atoms with E-state index < -0.39 is 7.12 Å². The molecule has 0 saturated heterocycles. The van der Waals surface area contributed by atoms with E-state index in [4.69, 9.17) is 33.2 Å². The van der Waals surface area contributed by atoms with E-state index in [2.05, 4.69) is 82.8 Å². The zero-order chi connectivity index (χ0) is 44.6. The molecule has 62 heavy (non-hydrogen) atoms. The van der Waals surface area contributed by atoms with Crippen LogP contribution in [0.4, 0.5) is 0 Å². The first-order chi connectivity index (χ1) is 29.6. The van der Waals surface area contributed by atoms with Crippen molar-refractivity contribution in [1.29, 1.82) is 0 Å². The fraction of sp³-hybridized carbons (Fsp3) is 0.412. The Labute approximate surface area is 368 Å². The van der Waals surface area contributed by atoms with Crippen LogP contribution in [0.2, 0.25) is 0 Å². The number of benzene rings is 5. The topological polar surface area (TPSA) is 108 Å². The number of nitrogens with zero attached hydrogens (tertiary/aromatic N) is 1. The number of methoxy groups -OCH3 is 3. The van der Waals surface area contributed by atoms with Gasteiger partial charge in [0.05, 0.1) is 61.0 Å². The van der Waals surface area contributed by atoms with Gasteiger partial charge in [0.15, 0.2) is 0 Å². The lowest BCUT2D eigenvalue weighted by Gasteiger charge is -2.25. The van der Waals surface area contributed by atoms with Gasteiger partial charge in [-0.1, -0.05) is 77.9 Å². The standard InChI is InChI=1S/C51H64BNO9/c1-50(2,3)42-21-36-28-59-29-37-22-43(51(4,5)6)24-39(48(37)57-9)31-61-33-41-26-45(25-40(49(41)58-10)32-60-30-38(23-42)47(36)56-8)62-44-17-15-34(16-18-44)19-20-53(7)27-35-13-11-12-14-46(35)52(54)55/h11-18,21-26,54-55H,19-20,27-33H2,1-10H3. The van der Waals surface area contributed by atoms with Gasteiger partial charge in [0.2, 0.25) is 0 Å². The molecule has 330 valence electrons. The van der Waals surface area contributed by atoms with Crippen LogP contribution in [0, 0.1) is 0 Å². The Morgan fingerprint density at radius 3 is 1.35 bits per heavy atom. The molecule has 0 radical (unpaired) electrons. The number of likely N-dealkylation sites (N-methyl/N-ethyl adjacent to an activating group) is 1. The van der Waals surface area contributed by atoms with E-state index in [1.165, 1.54) is 0 Å². The van der Waals surface area contributed by atoms with Crippen LogP contribution in [-0.2, 0) is 77.6 Å². The highest BCUT2D eigenvalue weighted by Crippen LogP contribution is 2.38. The first-order valence-corrected chi connectivity index (χ1v) is 21.3. The number of fused-ring (bicyclic) bond motifs is 6. The minimum Gasteiger partial charge on any atom is -0.496 e. The lowest BCUT2D eigenvalue weighted by molar-refractivity contribution is 0.0923. The van der Waals surface area contributed by atoms with Crippen molar-refractivity contribution in [2.24, 2.45) is 0 Å². The molecule has 6 rings (SSSR count). The monoisotopic (exact) mass is 845 g/mol. The fourth-order valence-corrected chi connectivity index (χ4v) is 7.88. The first kappa shape index (κ1) is 46.6. The van der Waals surface area contributed by atoms with Crippen molar-refractivity contribution in [3.63, 3.8) is 0 Å². The van der Waals surface area contributed by atoms with Crippen LogP contribution in [-0.4, -0.2) is 57.0 Å². The SMILES string of the molecule is COc1c2cc(Oc3ccc(CCN(C)Cc4ccccc4B(O)O)cc3)cc1COCc1cc(C(C)(C)C)cc(c1OC)COCc1cc(C(C)(C)C)cc(c1OC)COC2. The highest BCUT2D eigenvalue weighted by atomic mass is 16.5. The van der Waals surface area contributed by atoms with Crippen molar-refractivity contribution in [2.45, 2.75) is 105 Å². The van der Waals surface area contributed by atoms with Crippen LogP contribution in [0.1, 0.15) is 97.2 Å². The molecule has 5 aromatic rings. The van der Waals surface area contributed by atoms with Gasteiger partial charge in [-0.2, -0.15) is 0 Å². The summed E-state index contributed by atoms with van der Waals surface area (Å²) in [5.74, 6) is 3.50. The van der Waals surface area contributed by atoms with Crippen molar-refractivity contribution < 1.29 is 43.2 Å². The Kier molecular flexibility index (Phi) is 15.4. The molecule has 0 aliphatic carbocycles. The van der Waals surface area contributed by atoms with Crippen molar-refractivity contribution in [1.82, 2.24) is 4.90 Å². The van der Waals surface area contributed by atoms with Crippen molar-refractivity contribution in [3.05, 3.63) is 141 Å². The van der Waals surface area contributed by atoms with E-state index >= 15 is 0 Å². The van der Waals surface area contributed by atoms with Crippen molar-refractivity contribution >= 4 is 12.6 Å². The van der Waals surface area contributed by atoms with Crippen LogP contribution in [0.25, 0.3) is 0 Å². The van der Waals surface area contributed by atoms with Crippen LogP contribution < -0.4 is 24.4 Å². The minimum absolute atomic E-state index is 0.122. The number of ether oxygens (including phenoxy) is 7.